The van der Waals surface area contributed by atoms with Gasteiger partial charge in [-0.05, 0) is 29.3 Å². The molecular weight excluding hydrogens is 340 g/mol. The third-order valence-electron chi connectivity index (χ3n) is 3.55. The van der Waals surface area contributed by atoms with Gasteiger partial charge in [-0.15, -0.1) is 11.3 Å². The molecule has 1 aromatic carbocycles. The Hall–Kier alpha value is -2.02. The highest BCUT2D eigenvalue weighted by Gasteiger charge is 2.23. The molecular formula is C18H18N2O2S2. The number of thiophene rings is 1. The van der Waals surface area contributed by atoms with Crippen molar-refractivity contribution >= 4 is 28.6 Å². The molecule has 0 fully saturated rings. The summed E-state index contributed by atoms with van der Waals surface area (Å²) in [6, 6.07) is 11.7. The zero-order valence-corrected chi connectivity index (χ0v) is 14.9. The normalized spacial score (nSPS) is 13.4. The van der Waals surface area contributed by atoms with Crippen molar-refractivity contribution in [2.45, 2.75) is 18.9 Å². The van der Waals surface area contributed by atoms with Gasteiger partial charge in [0.25, 0.3) is 5.91 Å². The van der Waals surface area contributed by atoms with E-state index >= 15 is 0 Å². The van der Waals surface area contributed by atoms with Crippen LogP contribution >= 0.6 is 22.7 Å². The number of nitrogens with one attached hydrogen (secondary N) is 1. The van der Waals surface area contributed by atoms with Crippen molar-refractivity contribution in [2.24, 2.45) is 0 Å². The van der Waals surface area contributed by atoms with Gasteiger partial charge in [-0.2, -0.15) is 11.3 Å². The average Bonchev–Trinajstić information content (AvgIpc) is 3.25. The molecule has 124 valence electrons. The van der Waals surface area contributed by atoms with Gasteiger partial charge in [-0.1, -0.05) is 30.3 Å². The second-order valence-corrected chi connectivity index (χ2v) is 7.53. The molecule has 6 heteroatoms. The van der Waals surface area contributed by atoms with Crippen LogP contribution in [0.1, 0.15) is 23.0 Å². The maximum absolute atomic E-state index is 12.3. The minimum Gasteiger partial charge on any atom is -0.388 e. The second kappa shape index (κ2) is 7.25. The molecule has 1 atom stereocenters. The first-order valence-electron chi connectivity index (χ1n) is 7.56. The quantitative estimate of drug-likeness (QED) is 0.708. The fourth-order valence-electron chi connectivity index (χ4n) is 2.35. The Labute approximate surface area is 148 Å². The van der Waals surface area contributed by atoms with E-state index in [1.165, 1.54) is 11.3 Å². The molecule has 4 nitrogen and oxygen atoms in total. The van der Waals surface area contributed by atoms with Crippen molar-refractivity contribution in [1.82, 2.24) is 10.3 Å². The Morgan fingerprint density at radius 2 is 2.04 bits per heavy atom. The smallest absolute Gasteiger partial charge is 0.270 e. The summed E-state index contributed by atoms with van der Waals surface area (Å²) < 4.78 is 0. The summed E-state index contributed by atoms with van der Waals surface area (Å²) in [7, 11) is 0. The predicted molar refractivity (Wildman–Crippen MR) is 98.5 cm³/mol. The molecule has 1 unspecified atom stereocenters. The van der Waals surface area contributed by atoms with Crippen LogP contribution in [0.15, 0.2) is 52.5 Å². The van der Waals surface area contributed by atoms with E-state index in [-0.39, 0.29) is 12.5 Å². The number of aliphatic hydroxyl groups is 1. The first kappa shape index (κ1) is 16.8. The van der Waals surface area contributed by atoms with Crippen LogP contribution in [0.2, 0.25) is 0 Å². The van der Waals surface area contributed by atoms with Crippen LogP contribution in [-0.4, -0.2) is 28.1 Å². The molecule has 2 heterocycles. The third-order valence-corrected chi connectivity index (χ3v) is 5.18. The monoisotopic (exact) mass is 358 g/mol. The first-order chi connectivity index (χ1) is 11.5. The van der Waals surface area contributed by atoms with Crippen LogP contribution in [0.5, 0.6) is 0 Å². The Balaban J connectivity index is 1.60. The molecule has 0 bridgehead atoms. The molecule has 0 saturated heterocycles. The number of hydrogen-bond donors (Lipinski definition) is 2. The summed E-state index contributed by atoms with van der Waals surface area (Å²) in [5, 5.41) is 19.7. The number of rotatable bonds is 6. The van der Waals surface area contributed by atoms with Crippen LogP contribution in [-0.2, 0) is 6.42 Å². The number of carbonyl (C=O) groups excluding carboxylic acids is 1. The maximum atomic E-state index is 12.3. The van der Waals surface area contributed by atoms with Gasteiger partial charge in [-0.25, -0.2) is 4.98 Å². The van der Waals surface area contributed by atoms with Gasteiger partial charge in [0.2, 0.25) is 0 Å². The molecule has 0 radical (unpaired) electrons. The van der Waals surface area contributed by atoms with Gasteiger partial charge >= 0.3 is 0 Å². The van der Waals surface area contributed by atoms with E-state index < -0.39 is 5.60 Å². The van der Waals surface area contributed by atoms with Crippen molar-refractivity contribution < 1.29 is 9.90 Å². The van der Waals surface area contributed by atoms with Gasteiger partial charge in [0.1, 0.15) is 10.7 Å². The molecule has 0 spiro atoms. The average molecular weight is 358 g/mol. The summed E-state index contributed by atoms with van der Waals surface area (Å²) in [6.07, 6.45) is 0.503. The number of thiazole rings is 1. The number of amides is 1. The number of nitrogens with zero attached hydrogens (tertiary/aromatic N) is 1. The van der Waals surface area contributed by atoms with Gasteiger partial charge in [0.15, 0.2) is 0 Å². The number of hydrogen-bond acceptors (Lipinski definition) is 5. The van der Waals surface area contributed by atoms with E-state index in [1.54, 1.807) is 23.6 Å². The van der Waals surface area contributed by atoms with Crippen LogP contribution in [0, 0.1) is 0 Å². The summed E-state index contributed by atoms with van der Waals surface area (Å²) in [4.78, 5) is 16.6. The maximum Gasteiger partial charge on any atom is 0.270 e. The largest absolute Gasteiger partial charge is 0.388 e. The topological polar surface area (TPSA) is 62.2 Å². The highest BCUT2D eigenvalue weighted by Crippen LogP contribution is 2.23. The molecule has 2 N–H and O–H groups in total. The van der Waals surface area contributed by atoms with E-state index in [9.17, 15) is 9.90 Å². The molecule has 2 aromatic heterocycles. The molecule has 24 heavy (non-hydrogen) atoms. The lowest BCUT2D eigenvalue weighted by molar-refractivity contribution is 0.0552. The Morgan fingerprint density at radius 1 is 1.25 bits per heavy atom. The zero-order valence-electron chi connectivity index (χ0n) is 13.2. The second-order valence-electron chi connectivity index (χ2n) is 5.89. The molecule has 0 aliphatic heterocycles. The van der Waals surface area contributed by atoms with Crippen LogP contribution in [0.3, 0.4) is 0 Å². The highest BCUT2D eigenvalue weighted by atomic mass is 32.1. The molecule has 3 rings (SSSR count). The predicted octanol–water partition coefficient (Wildman–Crippen LogP) is 3.60. The summed E-state index contributed by atoms with van der Waals surface area (Å²) in [5.74, 6) is -0.265. The molecule has 0 aliphatic carbocycles. The Kier molecular flexibility index (Phi) is 5.08. The van der Waals surface area contributed by atoms with Gasteiger partial charge in [-0.3, -0.25) is 4.79 Å². The van der Waals surface area contributed by atoms with Crippen molar-refractivity contribution in [3.8, 4) is 10.6 Å². The highest BCUT2D eigenvalue weighted by molar-refractivity contribution is 7.13. The number of aromatic nitrogens is 1. The lowest BCUT2D eigenvalue weighted by Gasteiger charge is -2.23. The summed E-state index contributed by atoms with van der Waals surface area (Å²) in [6.45, 7) is 1.90. The van der Waals surface area contributed by atoms with Crippen LogP contribution < -0.4 is 5.32 Å². The van der Waals surface area contributed by atoms with Crippen LogP contribution in [0.25, 0.3) is 10.6 Å². The first-order valence-corrected chi connectivity index (χ1v) is 9.38. The van der Waals surface area contributed by atoms with E-state index in [0.29, 0.717) is 12.1 Å². The third kappa shape index (κ3) is 4.29. The van der Waals surface area contributed by atoms with Gasteiger partial charge < -0.3 is 10.4 Å². The minimum atomic E-state index is -0.991. The van der Waals surface area contributed by atoms with E-state index in [1.807, 2.05) is 47.2 Å². The van der Waals surface area contributed by atoms with Crippen molar-refractivity contribution in [2.75, 3.05) is 6.54 Å². The molecule has 1 amide bonds. The van der Waals surface area contributed by atoms with E-state index in [4.69, 9.17) is 0 Å². The van der Waals surface area contributed by atoms with Crippen LogP contribution in [0.4, 0.5) is 0 Å². The Bertz CT molecular complexity index is 796. The molecule has 3 aromatic rings. The summed E-state index contributed by atoms with van der Waals surface area (Å²) >= 11 is 3.03. The zero-order chi connectivity index (χ0) is 17.0. The fourth-order valence-corrected chi connectivity index (χ4v) is 3.82. The number of benzene rings is 1. The van der Waals surface area contributed by atoms with Crippen molar-refractivity contribution in [3.63, 3.8) is 0 Å². The molecule has 0 saturated carbocycles. The van der Waals surface area contributed by atoms with Crippen molar-refractivity contribution in [1.29, 1.82) is 0 Å². The van der Waals surface area contributed by atoms with Gasteiger partial charge in [0, 0.05) is 23.9 Å². The standard InChI is InChI=1S/C18H18N2O2S2/c1-18(22,9-13-7-8-23-10-13)12-19-16(21)15-11-24-17(20-15)14-5-3-2-4-6-14/h2-8,10-11,22H,9,12H2,1H3,(H,19,21). The minimum absolute atomic E-state index is 0.180. The van der Waals surface area contributed by atoms with E-state index in [0.717, 1.165) is 16.1 Å². The lowest BCUT2D eigenvalue weighted by atomic mass is 9.98. The Morgan fingerprint density at radius 3 is 2.75 bits per heavy atom. The molecule has 0 aliphatic rings. The summed E-state index contributed by atoms with van der Waals surface area (Å²) in [5.41, 5.74) is 1.45. The SMILES string of the molecule is CC(O)(CNC(=O)c1csc(-c2ccccc2)n1)Cc1ccsc1. The van der Waals surface area contributed by atoms with Gasteiger partial charge in [0.05, 0.1) is 5.60 Å². The van der Waals surface area contributed by atoms with E-state index in [2.05, 4.69) is 10.3 Å². The lowest BCUT2D eigenvalue weighted by Crippen LogP contribution is -2.42. The fraction of sp³-hybridized carbons (Fsp3) is 0.222. The van der Waals surface area contributed by atoms with Crippen molar-refractivity contribution in [3.05, 3.63) is 63.8 Å². The number of carbonyl (C=O) groups is 1.